The number of carbonyl (C=O) groups excluding carboxylic acids is 1. The average molecular weight is 318 g/mol. The van der Waals surface area contributed by atoms with Crippen molar-refractivity contribution in [1.29, 1.82) is 0 Å². The van der Waals surface area contributed by atoms with Gasteiger partial charge in [-0.2, -0.15) is 0 Å². The molecule has 5 nitrogen and oxygen atoms in total. The molecule has 0 unspecified atom stereocenters. The molecule has 0 spiro atoms. The summed E-state index contributed by atoms with van der Waals surface area (Å²) in [5.41, 5.74) is 3.47. The number of pyridine rings is 1. The molecule has 0 radical (unpaired) electrons. The second kappa shape index (κ2) is 5.88. The number of aromatic nitrogens is 1. The van der Waals surface area contributed by atoms with Crippen LogP contribution in [0.1, 0.15) is 27.3 Å². The van der Waals surface area contributed by atoms with Crippen molar-refractivity contribution in [2.45, 2.75) is 25.7 Å². The molecule has 1 N–H and O–H groups in total. The van der Waals surface area contributed by atoms with Gasteiger partial charge in [-0.05, 0) is 50.6 Å². The predicted octanol–water partition coefficient (Wildman–Crippen LogP) is 2.66. The van der Waals surface area contributed by atoms with Crippen molar-refractivity contribution >= 4 is 21.4 Å². The third-order valence-corrected chi connectivity index (χ3v) is 4.40. The van der Waals surface area contributed by atoms with E-state index in [1.807, 2.05) is 26.8 Å². The Morgan fingerprint density at radius 1 is 1.14 bits per heavy atom. The zero-order chi connectivity index (χ0) is 16.5. The molecule has 1 aromatic heterocycles. The predicted molar refractivity (Wildman–Crippen MR) is 86.0 cm³/mol. The van der Waals surface area contributed by atoms with Gasteiger partial charge in [-0.15, -0.1) is 0 Å². The van der Waals surface area contributed by atoms with E-state index in [0.29, 0.717) is 11.3 Å². The fourth-order valence-electron chi connectivity index (χ4n) is 2.27. The van der Waals surface area contributed by atoms with Gasteiger partial charge in [0.15, 0.2) is 9.84 Å². The zero-order valence-corrected chi connectivity index (χ0v) is 13.8. The first-order chi connectivity index (χ1) is 10.2. The molecule has 0 saturated carbocycles. The molecule has 2 aromatic rings. The molecule has 22 heavy (non-hydrogen) atoms. The molecule has 0 saturated heterocycles. The topological polar surface area (TPSA) is 76.1 Å². The minimum absolute atomic E-state index is 0.121. The number of benzene rings is 1. The Bertz CT molecular complexity index is 819. The van der Waals surface area contributed by atoms with Crippen LogP contribution in [0.5, 0.6) is 0 Å². The summed E-state index contributed by atoms with van der Waals surface area (Å²) in [6.45, 7) is 5.61. The van der Waals surface area contributed by atoms with E-state index < -0.39 is 9.84 Å². The van der Waals surface area contributed by atoms with Crippen molar-refractivity contribution in [2.24, 2.45) is 0 Å². The molecule has 1 amide bonds. The largest absolute Gasteiger partial charge is 0.320 e. The zero-order valence-electron chi connectivity index (χ0n) is 13.0. The Kier molecular flexibility index (Phi) is 4.32. The number of carbonyl (C=O) groups is 1. The number of hydrogen-bond acceptors (Lipinski definition) is 4. The normalized spacial score (nSPS) is 11.3. The Balaban J connectivity index is 2.35. The Labute approximate surface area is 130 Å². The quantitative estimate of drug-likeness (QED) is 0.944. The van der Waals surface area contributed by atoms with Gasteiger partial charge in [0.05, 0.1) is 16.3 Å². The maximum Gasteiger partial charge on any atom is 0.255 e. The Morgan fingerprint density at radius 2 is 1.82 bits per heavy atom. The lowest BCUT2D eigenvalue weighted by molar-refractivity contribution is 0.102. The van der Waals surface area contributed by atoms with E-state index in [9.17, 15) is 13.2 Å². The van der Waals surface area contributed by atoms with E-state index in [4.69, 9.17) is 0 Å². The number of aryl methyl sites for hydroxylation is 3. The smallest absolute Gasteiger partial charge is 0.255 e. The molecule has 0 aliphatic rings. The molecule has 6 heteroatoms. The molecule has 1 heterocycles. The summed E-state index contributed by atoms with van der Waals surface area (Å²) >= 11 is 0. The fourth-order valence-corrected chi connectivity index (χ4v) is 2.93. The van der Waals surface area contributed by atoms with Crippen molar-refractivity contribution in [2.75, 3.05) is 11.6 Å². The van der Waals surface area contributed by atoms with E-state index in [-0.39, 0.29) is 10.8 Å². The van der Waals surface area contributed by atoms with Crippen molar-refractivity contribution in [3.63, 3.8) is 0 Å². The van der Waals surface area contributed by atoms with Crippen molar-refractivity contribution in [1.82, 2.24) is 4.98 Å². The van der Waals surface area contributed by atoms with Crippen LogP contribution in [0.4, 0.5) is 5.69 Å². The molecule has 0 fully saturated rings. The van der Waals surface area contributed by atoms with E-state index in [1.54, 1.807) is 12.1 Å². The Hall–Kier alpha value is -2.21. The van der Waals surface area contributed by atoms with Gasteiger partial charge in [0, 0.05) is 17.5 Å². The second-order valence-electron chi connectivity index (χ2n) is 5.30. The van der Waals surface area contributed by atoms with Crippen LogP contribution in [-0.2, 0) is 9.84 Å². The summed E-state index contributed by atoms with van der Waals surface area (Å²) in [5.74, 6) is -0.359. The van der Waals surface area contributed by atoms with Gasteiger partial charge in [0.1, 0.15) is 0 Å². The molecule has 2 rings (SSSR count). The van der Waals surface area contributed by atoms with E-state index in [1.165, 1.54) is 12.1 Å². The fraction of sp³-hybridized carbons (Fsp3) is 0.250. The van der Waals surface area contributed by atoms with E-state index >= 15 is 0 Å². The SMILES string of the molecule is Cc1cc(C)c(NC(=O)c2cccc(S(C)(=O)=O)c2)c(C)n1. The maximum absolute atomic E-state index is 12.3. The van der Waals surface area contributed by atoms with Crippen molar-refractivity contribution in [3.05, 3.63) is 52.8 Å². The number of sulfone groups is 1. The molecular weight excluding hydrogens is 300 g/mol. The highest BCUT2D eigenvalue weighted by molar-refractivity contribution is 7.90. The second-order valence-corrected chi connectivity index (χ2v) is 7.31. The van der Waals surface area contributed by atoms with Crippen LogP contribution in [0.25, 0.3) is 0 Å². The first-order valence-corrected chi connectivity index (χ1v) is 8.64. The van der Waals surface area contributed by atoms with Crippen LogP contribution >= 0.6 is 0 Å². The van der Waals surface area contributed by atoms with Crippen LogP contribution in [0, 0.1) is 20.8 Å². The van der Waals surface area contributed by atoms with Gasteiger partial charge in [-0.25, -0.2) is 8.42 Å². The Morgan fingerprint density at radius 3 is 2.41 bits per heavy atom. The highest BCUT2D eigenvalue weighted by Gasteiger charge is 2.14. The highest BCUT2D eigenvalue weighted by Crippen LogP contribution is 2.20. The molecular formula is C16H18N2O3S. The van der Waals surface area contributed by atoms with Crippen LogP contribution < -0.4 is 5.32 Å². The third kappa shape index (κ3) is 3.51. The number of nitrogens with zero attached hydrogens (tertiary/aromatic N) is 1. The standard InChI is InChI=1S/C16H18N2O3S/c1-10-8-11(2)17-12(3)15(10)18-16(19)13-6-5-7-14(9-13)22(4,20)21/h5-9H,1-4H3,(H,18,19). The minimum Gasteiger partial charge on any atom is -0.320 e. The van der Waals surface area contributed by atoms with Gasteiger partial charge in [0.25, 0.3) is 5.91 Å². The average Bonchev–Trinajstić information content (AvgIpc) is 2.41. The van der Waals surface area contributed by atoms with Gasteiger partial charge < -0.3 is 5.32 Å². The first kappa shape index (κ1) is 16.2. The van der Waals surface area contributed by atoms with Crippen molar-refractivity contribution < 1.29 is 13.2 Å². The summed E-state index contributed by atoms with van der Waals surface area (Å²) in [5, 5.41) is 2.80. The van der Waals surface area contributed by atoms with Gasteiger partial charge in [0.2, 0.25) is 0 Å². The highest BCUT2D eigenvalue weighted by atomic mass is 32.2. The lowest BCUT2D eigenvalue weighted by Gasteiger charge is -2.12. The minimum atomic E-state index is -3.35. The van der Waals surface area contributed by atoms with Gasteiger partial charge in [-0.3, -0.25) is 9.78 Å². The number of amides is 1. The van der Waals surface area contributed by atoms with E-state index in [2.05, 4.69) is 10.3 Å². The molecule has 0 aliphatic heterocycles. The molecule has 116 valence electrons. The monoisotopic (exact) mass is 318 g/mol. The summed E-state index contributed by atoms with van der Waals surface area (Å²) in [4.78, 5) is 16.8. The van der Waals surface area contributed by atoms with Gasteiger partial charge in [-0.1, -0.05) is 6.07 Å². The van der Waals surface area contributed by atoms with Crippen LogP contribution in [0.2, 0.25) is 0 Å². The van der Waals surface area contributed by atoms with Crippen LogP contribution in [-0.4, -0.2) is 25.6 Å². The van der Waals surface area contributed by atoms with Crippen molar-refractivity contribution in [3.8, 4) is 0 Å². The molecule has 0 bridgehead atoms. The number of hydrogen-bond donors (Lipinski definition) is 1. The molecule has 0 atom stereocenters. The van der Waals surface area contributed by atoms with E-state index in [0.717, 1.165) is 23.2 Å². The van der Waals surface area contributed by atoms with Crippen LogP contribution in [0.3, 0.4) is 0 Å². The maximum atomic E-state index is 12.3. The van der Waals surface area contributed by atoms with Gasteiger partial charge >= 0.3 is 0 Å². The number of nitrogens with one attached hydrogen (secondary N) is 1. The van der Waals surface area contributed by atoms with Crippen LogP contribution in [0.15, 0.2) is 35.2 Å². The third-order valence-electron chi connectivity index (χ3n) is 3.29. The number of anilines is 1. The number of rotatable bonds is 3. The summed E-state index contributed by atoms with van der Waals surface area (Å²) in [6.07, 6.45) is 1.11. The summed E-state index contributed by atoms with van der Waals surface area (Å²) < 4.78 is 23.1. The lowest BCUT2D eigenvalue weighted by Crippen LogP contribution is -2.15. The first-order valence-electron chi connectivity index (χ1n) is 6.75. The summed E-state index contributed by atoms with van der Waals surface area (Å²) in [6, 6.07) is 7.86. The lowest BCUT2D eigenvalue weighted by atomic mass is 10.1. The summed E-state index contributed by atoms with van der Waals surface area (Å²) in [7, 11) is -3.35. The molecule has 0 aliphatic carbocycles. The molecule has 1 aromatic carbocycles.